The van der Waals surface area contributed by atoms with E-state index in [-0.39, 0.29) is 18.9 Å². The van der Waals surface area contributed by atoms with E-state index < -0.39 is 10.0 Å². The number of rotatable bonds is 9. The summed E-state index contributed by atoms with van der Waals surface area (Å²) in [6, 6.07) is 3.58. The number of nitrogens with one attached hydrogen (secondary N) is 1. The Bertz CT molecular complexity index is 654. The van der Waals surface area contributed by atoms with Gasteiger partial charge in [0.15, 0.2) is 0 Å². The smallest absolute Gasteiger partial charge is 0.232 e. The molecule has 0 saturated carbocycles. The number of carbonyl (C=O) groups is 1. The Morgan fingerprint density at radius 1 is 1.33 bits per heavy atom. The van der Waals surface area contributed by atoms with E-state index in [2.05, 4.69) is 5.32 Å². The average Bonchev–Trinajstić information content (AvgIpc) is 2.44. The third-order valence-corrected chi connectivity index (χ3v) is 4.89. The van der Waals surface area contributed by atoms with Crippen LogP contribution in [0.15, 0.2) is 12.1 Å². The summed E-state index contributed by atoms with van der Waals surface area (Å²) in [5.41, 5.74) is 2.13. The van der Waals surface area contributed by atoms with Crippen molar-refractivity contribution in [3.63, 3.8) is 0 Å². The molecule has 0 aliphatic rings. The molecule has 0 unspecified atom stereocenters. The van der Waals surface area contributed by atoms with E-state index in [1.807, 2.05) is 13.0 Å². The van der Waals surface area contributed by atoms with Crippen LogP contribution < -0.4 is 9.62 Å². The van der Waals surface area contributed by atoms with Crippen LogP contribution in [0.3, 0.4) is 0 Å². The van der Waals surface area contributed by atoms with Crippen LogP contribution >= 0.6 is 11.6 Å². The molecule has 8 heteroatoms. The van der Waals surface area contributed by atoms with Gasteiger partial charge in [-0.05, 0) is 37.5 Å². The van der Waals surface area contributed by atoms with E-state index in [1.165, 1.54) is 4.31 Å². The van der Waals surface area contributed by atoms with Crippen molar-refractivity contribution in [2.45, 2.75) is 26.7 Å². The number of amides is 1. The molecule has 136 valence electrons. The number of benzene rings is 1. The highest BCUT2D eigenvalue weighted by molar-refractivity contribution is 7.92. The monoisotopic (exact) mass is 376 g/mol. The maximum absolute atomic E-state index is 12.2. The molecule has 1 aromatic carbocycles. The van der Waals surface area contributed by atoms with Crippen molar-refractivity contribution in [3.05, 3.63) is 28.3 Å². The van der Waals surface area contributed by atoms with Gasteiger partial charge in [-0.25, -0.2) is 8.42 Å². The number of aryl methyl sites for hydroxylation is 2. The molecule has 0 aliphatic heterocycles. The second-order valence-electron chi connectivity index (χ2n) is 5.69. The van der Waals surface area contributed by atoms with Gasteiger partial charge >= 0.3 is 0 Å². The highest BCUT2D eigenvalue weighted by atomic mass is 35.5. The highest BCUT2D eigenvalue weighted by Crippen LogP contribution is 2.32. The van der Waals surface area contributed by atoms with Gasteiger partial charge in [-0.2, -0.15) is 0 Å². The summed E-state index contributed by atoms with van der Waals surface area (Å²) < 4.78 is 30.4. The molecular formula is C16H25ClN2O4S. The average molecular weight is 377 g/mol. The highest BCUT2D eigenvalue weighted by Gasteiger charge is 2.23. The number of hydrogen-bond donors (Lipinski definition) is 1. The number of methoxy groups -OCH3 is 1. The molecule has 1 aromatic rings. The molecule has 0 bridgehead atoms. The predicted molar refractivity (Wildman–Crippen MR) is 97.2 cm³/mol. The van der Waals surface area contributed by atoms with Gasteiger partial charge in [-0.3, -0.25) is 9.10 Å². The van der Waals surface area contributed by atoms with Gasteiger partial charge < -0.3 is 10.1 Å². The number of sulfonamides is 1. The van der Waals surface area contributed by atoms with Crippen molar-refractivity contribution in [1.82, 2.24) is 5.32 Å². The normalized spacial score (nSPS) is 11.4. The summed E-state index contributed by atoms with van der Waals surface area (Å²) in [5, 5.41) is 3.10. The lowest BCUT2D eigenvalue weighted by molar-refractivity contribution is -0.120. The minimum absolute atomic E-state index is 0.0402. The molecule has 6 nitrogen and oxygen atoms in total. The Hall–Kier alpha value is -1.31. The maximum atomic E-state index is 12.2. The first kappa shape index (κ1) is 20.7. The summed E-state index contributed by atoms with van der Waals surface area (Å²) in [5.74, 6) is -0.208. The molecule has 0 heterocycles. The van der Waals surface area contributed by atoms with Crippen molar-refractivity contribution in [3.8, 4) is 0 Å². The maximum Gasteiger partial charge on any atom is 0.232 e. The first-order chi connectivity index (χ1) is 11.2. The summed E-state index contributed by atoms with van der Waals surface area (Å²) in [6.45, 7) is 4.79. The second-order valence-corrected chi connectivity index (χ2v) is 8.01. The minimum Gasteiger partial charge on any atom is -0.385 e. The van der Waals surface area contributed by atoms with Crippen LogP contribution in [-0.4, -0.2) is 47.4 Å². The van der Waals surface area contributed by atoms with E-state index in [9.17, 15) is 13.2 Å². The molecule has 24 heavy (non-hydrogen) atoms. The van der Waals surface area contributed by atoms with Crippen LogP contribution in [0.1, 0.15) is 24.0 Å². The van der Waals surface area contributed by atoms with Crippen LogP contribution in [0.25, 0.3) is 0 Å². The molecular weight excluding hydrogens is 352 g/mol. The SMILES string of the molecule is COCCCNC(=O)CCN(c1c(C)cc(C)cc1Cl)S(C)(=O)=O. The number of halogens is 1. The fourth-order valence-corrected chi connectivity index (χ4v) is 3.87. The Kier molecular flexibility index (Phi) is 7.99. The Balaban J connectivity index is 2.84. The van der Waals surface area contributed by atoms with E-state index in [4.69, 9.17) is 16.3 Å². The van der Waals surface area contributed by atoms with Crippen molar-refractivity contribution in [2.24, 2.45) is 0 Å². The van der Waals surface area contributed by atoms with E-state index in [0.29, 0.717) is 30.3 Å². The van der Waals surface area contributed by atoms with Crippen molar-refractivity contribution < 1.29 is 17.9 Å². The standard InChI is InChI=1S/C16H25ClN2O4S/c1-12-10-13(2)16(14(17)11-12)19(24(4,21)22)8-6-15(20)18-7-5-9-23-3/h10-11H,5-9H2,1-4H3,(H,18,20). The van der Waals surface area contributed by atoms with E-state index in [1.54, 1.807) is 20.1 Å². The predicted octanol–water partition coefficient (Wildman–Crippen LogP) is 2.27. The zero-order chi connectivity index (χ0) is 18.3. The fraction of sp³-hybridized carbons (Fsp3) is 0.562. The Morgan fingerprint density at radius 3 is 2.54 bits per heavy atom. The van der Waals surface area contributed by atoms with Gasteiger partial charge in [0.2, 0.25) is 15.9 Å². The summed E-state index contributed by atoms with van der Waals surface area (Å²) in [6.07, 6.45) is 1.88. The van der Waals surface area contributed by atoms with Crippen LogP contribution in [0.5, 0.6) is 0 Å². The zero-order valence-electron chi connectivity index (χ0n) is 14.6. The number of nitrogens with zero attached hydrogens (tertiary/aromatic N) is 1. The summed E-state index contributed by atoms with van der Waals surface area (Å²) >= 11 is 6.25. The van der Waals surface area contributed by atoms with Gasteiger partial charge in [-0.1, -0.05) is 17.7 Å². The molecule has 0 spiro atoms. The van der Waals surface area contributed by atoms with E-state index in [0.717, 1.165) is 17.4 Å². The topological polar surface area (TPSA) is 75.7 Å². The minimum atomic E-state index is -3.55. The van der Waals surface area contributed by atoms with Crippen LogP contribution in [-0.2, 0) is 19.6 Å². The van der Waals surface area contributed by atoms with Gasteiger partial charge in [0.05, 0.1) is 17.0 Å². The molecule has 0 saturated heterocycles. The molecule has 0 aliphatic carbocycles. The van der Waals surface area contributed by atoms with Crippen LogP contribution in [0.2, 0.25) is 5.02 Å². The lowest BCUT2D eigenvalue weighted by Gasteiger charge is -2.25. The number of hydrogen-bond acceptors (Lipinski definition) is 4. The van der Waals surface area contributed by atoms with Crippen molar-refractivity contribution in [1.29, 1.82) is 0 Å². The van der Waals surface area contributed by atoms with Crippen molar-refractivity contribution in [2.75, 3.05) is 37.4 Å². The third-order valence-electron chi connectivity index (χ3n) is 3.44. The lowest BCUT2D eigenvalue weighted by Crippen LogP contribution is -2.35. The zero-order valence-corrected chi connectivity index (χ0v) is 16.1. The van der Waals surface area contributed by atoms with Crippen molar-refractivity contribution >= 4 is 33.2 Å². The molecule has 0 atom stereocenters. The number of carbonyl (C=O) groups excluding carboxylic acids is 1. The number of anilines is 1. The first-order valence-corrected chi connectivity index (χ1v) is 9.89. The van der Waals surface area contributed by atoms with Gasteiger partial charge in [0.25, 0.3) is 0 Å². The molecule has 1 amide bonds. The fourth-order valence-electron chi connectivity index (χ4n) is 2.40. The molecule has 0 fully saturated rings. The van der Waals surface area contributed by atoms with Gasteiger partial charge in [0, 0.05) is 33.2 Å². The number of ether oxygens (including phenoxy) is 1. The van der Waals surface area contributed by atoms with E-state index >= 15 is 0 Å². The van der Waals surface area contributed by atoms with Crippen LogP contribution in [0, 0.1) is 13.8 Å². The Morgan fingerprint density at radius 2 is 2.00 bits per heavy atom. The lowest BCUT2D eigenvalue weighted by atomic mass is 10.1. The van der Waals surface area contributed by atoms with Crippen LogP contribution in [0.4, 0.5) is 5.69 Å². The molecule has 0 radical (unpaired) electrons. The Labute approximate surface area is 149 Å². The van der Waals surface area contributed by atoms with Gasteiger partial charge in [-0.15, -0.1) is 0 Å². The molecule has 1 N–H and O–H groups in total. The third kappa shape index (κ3) is 6.30. The summed E-state index contributed by atoms with van der Waals surface area (Å²) in [7, 11) is -1.96. The van der Waals surface area contributed by atoms with Gasteiger partial charge in [0.1, 0.15) is 0 Å². The molecule has 0 aromatic heterocycles. The molecule has 1 rings (SSSR count). The largest absolute Gasteiger partial charge is 0.385 e. The first-order valence-electron chi connectivity index (χ1n) is 7.67. The second kappa shape index (κ2) is 9.25. The quantitative estimate of drug-likeness (QED) is 0.671. The summed E-state index contributed by atoms with van der Waals surface area (Å²) in [4.78, 5) is 11.9.